The molecule has 4 aromatic rings. The lowest BCUT2D eigenvalue weighted by atomic mass is 9.79. The van der Waals surface area contributed by atoms with Crippen LogP contribution in [-0.4, -0.2) is 30.5 Å². The second-order valence-corrected chi connectivity index (χ2v) is 7.86. The van der Waals surface area contributed by atoms with Crippen LogP contribution in [0.5, 0.6) is 0 Å². The van der Waals surface area contributed by atoms with Gasteiger partial charge in [-0.05, 0) is 42.5 Å². The smallest absolute Gasteiger partial charge is 0.283 e. The van der Waals surface area contributed by atoms with E-state index in [1.165, 1.54) is 12.3 Å². The number of hydrogen-bond donors (Lipinski definition) is 2. The normalized spacial score (nSPS) is 16.1. The van der Waals surface area contributed by atoms with Crippen molar-refractivity contribution in [2.24, 2.45) is 0 Å². The molecule has 1 atom stereocenters. The molecular weight excluding hydrogens is 406 g/mol. The maximum Gasteiger partial charge on any atom is 0.283 e. The number of aromatic amines is 2. The summed E-state index contributed by atoms with van der Waals surface area (Å²) in [7, 11) is 0. The van der Waals surface area contributed by atoms with Gasteiger partial charge in [-0.3, -0.25) is 24.5 Å². The van der Waals surface area contributed by atoms with Crippen LogP contribution in [0.3, 0.4) is 0 Å². The summed E-state index contributed by atoms with van der Waals surface area (Å²) in [5.41, 5.74) is 2.09. The second-order valence-electron chi connectivity index (χ2n) is 7.42. The molecule has 0 radical (unpaired) electrons. The SMILES string of the molecule is Cc1cc(=O)[nH]c(-n2[nH]c3ncc4c(c3c2=O)C[C@H](c2cccc(Cl)c2)CC4=O)n1. The number of aryl methyl sites for hydroxylation is 1. The number of fused-ring (bicyclic) bond motifs is 3. The number of H-pyrrole nitrogens is 2. The number of hydrogen-bond acceptors (Lipinski definition) is 5. The van der Waals surface area contributed by atoms with Crippen LogP contribution in [0.2, 0.25) is 5.02 Å². The lowest BCUT2D eigenvalue weighted by Crippen LogP contribution is -2.24. The van der Waals surface area contributed by atoms with Crippen molar-refractivity contribution in [1.29, 1.82) is 0 Å². The number of Topliss-reactive ketones (excluding diaryl/α,β-unsaturated/α-hetero) is 1. The molecule has 0 saturated heterocycles. The highest BCUT2D eigenvalue weighted by molar-refractivity contribution is 6.30. The van der Waals surface area contributed by atoms with Crippen molar-refractivity contribution < 1.29 is 4.79 Å². The molecule has 0 unspecified atom stereocenters. The zero-order valence-electron chi connectivity index (χ0n) is 15.9. The molecule has 1 aromatic carbocycles. The van der Waals surface area contributed by atoms with Gasteiger partial charge in [0.05, 0.1) is 5.39 Å². The minimum Gasteiger partial charge on any atom is -0.294 e. The highest BCUT2D eigenvalue weighted by Gasteiger charge is 2.30. The molecule has 8 nitrogen and oxygen atoms in total. The third kappa shape index (κ3) is 2.96. The van der Waals surface area contributed by atoms with Gasteiger partial charge in [-0.1, -0.05) is 23.7 Å². The number of carbonyl (C=O) groups is 1. The summed E-state index contributed by atoms with van der Waals surface area (Å²) < 4.78 is 1.15. The summed E-state index contributed by atoms with van der Waals surface area (Å²) in [5, 5.41) is 3.82. The molecule has 2 N–H and O–H groups in total. The number of pyridine rings is 1. The van der Waals surface area contributed by atoms with E-state index in [-0.39, 0.29) is 23.2 Å². The Hall–Kier alpha value is -3.52. The van der Waals surface area contributed by atoms with Gasteiger partial charge in [0.25, 0.3) is 11.1 Å². The van der Waals surface area contributed by atoms with E-state index >= 15 is 0 Å². The topological polar surface area (TPSA) is 113 Å². The molecular formula is C21H16ClN5O3. The van der Waals surface area contributed by atoms with Crippen molar-refractivity contribution in [2.45, 2.75) is 25.7 Å². The van der Waals surface area contributed by atoms with Gasteiger partial charge in [-0.2, -0.15) is 4.68 Å². The van der Waals surface area contributed by atoms with Crippen LogP contribution in [0.15, 0.2) is 46.1 Å². The zero-order valence-corrected chi connectivity index (χ0v) is 16.7. The third-order valence-electron chi connectivity index (χ3n) is 5.39. The number of ketones is 1. The number of nitrogens with zero attached hydrogens (tertiary/aromatic N) is 3. The first-order chi connectivity index (χ1) is 14.4. The van der Waals surface area contributed by atoms with Crippen molar-refractivity contribution in [3.63, 3.8) is 0 Å². The van der Waals surface area contributed by atoms with Crippen molar-refractivity contribution in [1.82, 2.24) is 24.7 Å². The van der Waals surface area contributed by atoms with Gasteiger partial charge in [-0.25, -0.2) is 9.97 Å². The Morgan fingerprint density at radius 3 is 2.77 bits per heavy atom. The van der Waals surface area contributed by atoms with E-state index in [9.17, 15) is 14.4 Å². The third-order valence-corrected chi connectivity index (χ3v) is 5.63. The van der Waals surface area contributed by atoms with Gasteiger partial charge in [-0.15, -0.1) is 0 Å². The lowest BCUT2D eigenvalue weighted by molar-refractivity contribution is 0.0964. The molecule has 30 heavy (non-hydrogen) atoms. The zero-order chi connectivity index (χ0) is 21.0. The van der Waals surface area contributed by atoms with E-state index < -0.39 is 5.56 Å². The highest BCUT2D eigenvalue weighted by Crippen LogP contribution is 2.35. The maximum atomic E-state index is 13.2. The van der Waals surface area contributed by atoms with Gasteiger partial charge >= 0.3 is 0 Å². The lowest BCUT2D eigenvalue weighted by Gasteiger charge is -2.24. The fourth-order valence-electron chi connectivity index (χ4n) is 4.05. The predicted octanol–water partition coefficient (Wildman–Crippen LogP) is 2.67. The Bertz CT molecular complexity index is 1450. The Labute approximate surface area is 174 Å². The molecule has 5 rings (SSSR count). The van der Waals surface area contributed by atoms with E-state index in [4.69, 9.17) is 11.6 Å². The van der Waals surface area contributed by atoms with Gasteiger partial charge in [0.1, 0.15) is 0 Å². The van der Waals surface area contributed by atoms with E-state index in [1.54, 1.807) is 13.0 Å². The fourth-order valence-corrected chi connectivity index (χ4v) is 4.25. The van der Waals surface area contributed by atoms with Crippen LogP contribution >= 0.6 is 11.6 Å². The van der Waals surface area contributed by atoms with Gasteiger partial charge in [0, 0.05) is 35.0 Å². The molecule has 0 aliphatic heterocycles. The van der Waals surface area contributed by atoms with Crippen LogP contribution in [0.25, 0.3) is 17.0 Å². The quantitative estimate of drug-likeness (QED) is 0.516. The average Bonchev–Trinajstić information content (AvgIpc) is 3.04. The van der Waals surface area contributed by atoms with E-state index in [1.807, 2.05) is 18.2 Å². The summed E-state index contributed by atoms with van der Waals surface area (Å²) in [5.74, 6) is -0.0795. The molecule has 1 aliphatic carbocycles. The summed E-state index contributed by atoms with van der Waals surface area (Å²) in [6, 6.07) is 8.75. The standard InChI is InChI=1S/C21H16ClN5O3/c1-10-5-17(29)25-21(24-10)27-20(30)18-14-7-12(11-3-2-4-13(22)6-11)8-16(28)15(14)9-23-19(18)26-27/h2-6,9,12H,7-8H2,1H3,(H,23,26)(H,24,25,29)/t12-/m0/s1. The Balaban J connectivity index is 1.69. The predicted molar refractivity (Wildman–Crippen MR) is 112 cm³/mol. The Morgan fingerprint density at radius 2 is 2.00 bits per heavy atom. The Kier molecular flexibility index (Phi) is 4.18. The van der Waals surface area contributed by atoms with Crippen molar-refractivity contribution >= 4 is 28.4 Å². The number of carbonyl (C=O) groups excluding carboxylic acids is 1. The number of rotatable bonds is 2. The summed E-state index contributed by atoms with van der Waals surface area (Å²) in [6.07, 6.45) is 2.33. The molecule has 0 spiro atoms. The monoisotopic (exact) mass is 421 g/mol. The minimum atomic E-state index is -0.414. The van der Waals surface area contributed by atoms with Crippen LogP contribution in [0.1, 0.15) is 39.5 Å². The molecule has 150 valence electrons. The first-order valence-corrected chi connectivity index (χ1v) is 9.78. The van der Waals surface area contributed by atoms with Crippen molar-refractivity contribution in [2.75, 3.05) is 0 Å². The molecule has 3 aromatic heterocycles. The summed E-state index contributed by atoms with van der Waals surface area (Å²) >= 11 is 6.13. The fraction of sp³-hybridized carbons (Fsp3) is 0.190. The number of aromatic nitrogens is 5. The molecule has 3 heterocycles. The largest absolute Gasteiger partial charge is 0.294 e. The maximum absolute atomic E-state index is 13.2. The van der Waals surface area contributed by atoms with Gasteiger partial charge in [0.15, 0.2) is 11.4 Å². The molecule has 0 amide bonds. The Morgan fingerprint density at radius 1 is 1.17 bits per heavy atom. The summed E-state index contributed by atoms with van der Waals surface area (Å²) in [6.45, 7) is 1.67. The molecule has 0 bridgehead atoms. The summed E-state index contributed by atoms with van der Waals surface area (Å²) in [4.78, 5) is 48.9. The van der Waals surface area contributed by atoms with Crippen molar-refractivity contribution in [3.05, 3.63) is 84.6 Å². The van der Waals surface area contributed by atoms with Gasteiger partial charge < -0.3 is 0 Å². The first-order valence-electron chi connectivity index (χ1n) is 9.40. The number of benzene rings is 1. The number of nitrogens with one attached hydrogen (secondary N) is 2. The molecule has 9 heteroatoms. The second kappa shape index (κ2) is 6.77. The van der Waals surface area contributed by atoms with Crippen LogP contribution < -0.4 is 11.1 Å². The van der Waals surface area contributed by atoms with E-state index in [2.05, 4.69) is 20.1 Å². The van der Waals surface area contributed by atoms with Crippen molar-refractivity contribution in [3.8, 4) is 5.95 Å². The van der Waals surface area contributed by atoms with Crippen LogP contribution in [0.4, 0.5) is 0 Å². The number of halogens is 1. The van der Waals surface area contributed by atoms with Crippen LogP contribution in [0, 0.1) is 6.92 Å². The van der Waals surface area contributed by atoms with Crippen LogP contribution in [-0.2, 0) is 6.42 Å². The highest BCUT2D eigenvalue weighted by atomic mass is 35.5. The average molecular weight is 422 g/mol. The van der Waals surface area contributed by atoms with Gasteiger partial charge in [0.2, 0.25) is 5.95 Å². The molecule has 1 aliphatic rings. The molecule has 0 fully saturated rings. The molecule has 0 saturated carbocycles. The van der Waals surface area contributed by atoms with E-state index in [0.29, 0.717) is 45.7 Å². The minimum absolute atomic E-state index is 0.0649. The van der Waals surface area contributed by atoms with E-state index in [0.717, 1.165) is 10.2 Å². The first kappa shape index (κ1) is 18.5.